The third-order valence-corrected chi connectivity index (χ3v) is 2.25. The topological polar surface area (TPSA) is 35.0 Å². The third kappa shape index (κ3) is 12.4. The van der Waals surface area contributed by atoms with Crippen LogP contribution in [0.4, 0.5) is 0 Å². The van der Waals surface area contributed by atoms with E-state index in [0.29, 0.717) is 0 Å². The fourth-order valence-corrected chi connectivity index (χ4v) is 1.36. The number of rotatable bonds is 5. The standard InChI is InChI=1S/C10H14.C8H10.H3N/c1-5-6-7-10(4)8-9(2)3;1-2-8-6-4-3-5-7-8;/h5-7H,1-2,4,8H2,3H3;3-7H,2H2,1H3;1H3/b7-6-;;. The molecule has 0 saturated carbocycles. The van der Waals surface area contributed by atoms with Crippen LogP contribution in [0, 0.1) is 0 Å². The Balaban J connectivity index is 0. The van der Waals surface area contributed by atoms with E-state index in [1.165, 1.54) is 5.56 Å². The highest BCUT2D eigenvalue weighted by atomic mass is 14.0. The summed E-state index contributed by atoms with van der Waals surface area (Å²) in [5, 5.41) is 0. The Hall–Kier alpha value is -1.86. The van der Waals surface area contributed by atoms with Crippen LogP contribution in [0.5, 0.6) is 0 Å². The van der Waals surface area contributed by atoms with E-state index < -0.39 is 0 Å². The molecule has 1 heteroatoms. The maximum atomic E-state index is 3.84. The van der Waals surface area contributed by atoms with Crippen molar-refractivity contribution in [1.82, 2.24) is 6.15 Å². The summed E-state index contributed by atoms with van der Waals surface area (Å²) in [5.74, 6) is 0. The molecule has 0 aliphatic heterocycles. The fraction of sp³-hybridized carbons (Fsp3) is 0.222. The summed E-state index contributed by atoms with van der Waals surface area (Å²) >= 11 is 0. The van der Waals surface area contributed by atoms with E-state index in [1.807, 2.05) is 25.1 Å². The van der Waals surface area contributed by atoms with Crippen molar-refractivity contribution in [3.8, 4) is 0 Å². The second-order valence-electron chi connectivity index (χ2n) is 4.23. The first-order valence-electron chi connectivity index (χ1n) is 6.25. The summed E-state index contributed by atoms with van der Waals surface area (Å²) < 4.78 is 0. The maximum absolute atomic E-state index is 3.84. The molecule has 0 spiro atoms. The molecule has 0 heterocycles. The van der Waals surface area contributed by atoms with Crippen molar-refractivity contribution in [2.75, 3.05) is 0 Å². The highest BCUT2D eigenvalue weighted by Gasteiger charge is 1.86. The van der Waals surface area contributed by atoms with E-state index >= 15 is 0 Å². The molecule has 0 unspecified atom stereocenters. The van der Waals surface area contributed by atoms with Crippen LogP contribution < -0.4 is 6.15 Å². The third-order valence-electron chi connectivity index (χ3n) is 2.25. The number of hydrogen-bond donors (Lipinski definition) is 1. The van der Waals surface area contributed by atoms with Gasteiger partial charge in [0.05, 0.1) is 0 Å². The predicted molar refractivity (Wildman–Crippen MR) is 88.8 cm³/mol. The van der Waals surface area contributed by atoms with Crippen molar-refractivity contribution in [3.05, 3.63) is 85.0 Å². The molecule has 1 nitrogen and oxygen atoms in total. The van der Waals surface area contributed by atoms with Gasteiger partial charge in [0, 0.05) is 0 Å². The lowest BCUT2D eigenvalue weighted by atomic mass is 10.1. The van der Waals surface area contributed by atoms with Crippen molar-refractivity contribution >= 4 is 0 Å². The normalized spacial score (nSPS) is 8.95. The Bertz CT molecular complexity index is 399. The van der Waals surface area contributed by atoms with Gasteiger partial charge < -0.3 is 6.15 Å². The SMILES string of the molecule is C=C/C=C\C(=C)CC(=C)C.CCc1ccccc1.N. The van der Waals surface area contributed by atoms with Crippen LogP contribution >= 0.6 is 0 Å². The average Bonchev–Trinajstić information content (AvgIpc) is 2.37. The van der Waals surface area contributed by atoms with Gasteiger partial charge in [0.15, 0.2) is 0 Å². The zero-order valence-corrected chi connectivity index (χ0v) is 12.4. The molecule has 0 atom stereocenters. The molecule has 0 saturated heterocycles. The lowest BCUT2D eigenvalue weighted by Gasteiger charge is -1.96. The second-order valence-corrected chi connectivity index (χ2v) is 4.23. The summed E-state index contributed by atoms with van der Waals surface area (Å²) in [6.45, 7) is 15.3. The van der Waals surface area contributed by atoms with Crippen molar-refractivity contribution in [3.63, 3.8) is 0 Å². The van der Waals surface area contributed by atoms with Gasteiger partial charge in [-0.05, 0) is 25.3 Å². The van der Waals surface area contributed by atoms with Crippen LogP contribution in [0.1, 0.15) is 25.8 Å². The highest BCUT2D eigenvalue weighted by molar-refractivity contribution is 5.22. The van der Waals surface area contributed by atoms with E-state index in [1.54, 1.807) is 6.08 Å². The van der Waals surface area contributed by atoms with Gasteiger partial charge >= 0.3 is 0 Å². The molecular formula is C18H27N. The van der Waals surface area contributed by atoms with Gasteiger partial charge in [-0.15, -0.1) is 0 Å². The van der Waals surface area contributed by atoms with Crippen molar-refractivity contribution in [2.45, 2.75) is 26.7 Å². The van der Waals surface area contributed by atoms with Crippen LogP contribution in [0.3, 0.4) is 0 Å². The molecule has 19 heavy (non-hydrogen) atoms. The molecular weight excluding hydrogens is 230 g/mol. The molecule has 0 aliphatic carbocycles. The summed E-state index contributed by atoms with van der Waals surface area (Å²) in [4.78, 5) is 0. The minimum atomic E-state index is 0. The van der Waals surface area contributed by atoms with E-state index in [4.69, 9.17) is 0 Å². The zero-order chi connectivity index (χ0) is 13.8. The van der Waals surface area contributed by atoms with Crippen LogP contribution in [0.15, 0.2) is 79.4 Å². The number of aryl methyl sites for hydroxylation is 1. The minimum Gasteiger partial charge on any atom is -0.344 e. The van der Waals surface area contributed by atoms with Crippen LogP contribution in [0.2, 0.25) is 0 Å². The van der Waals surface area contributed by atoms with Crippen LogP contribution in [0.25, 0.3) is 0 Å². The summed E-state index contributed by atoms with van der Waals surface area (Å²) in [6, 6.07) is 10.5. The first-order valence-corrected chi connectivity index (χ1v) is 6.25. The molecule has 0 bridgehead atoms. The predicted octanol–water partition coefficient (Wildman–Crippen LogP) is 5.66. The Kier molecular flexibility index (Phi) is 12.9. The molecule has 0 aromatic heterocycles. The first kappa shape index (κ1) is 19.5. The van der Waals surface area contributed by atoms with Crippen molar-refractivity contribution < 1.29 is 0 Å². The zero-order valence-electron chi connectivity index (χ0n) is 12.4. The molecule has 104 valence electrons. The number of allylic oxidation sites excluding steroid dienone is 5. The molecule has 0 aliphatic rings. The lowest BCUT2D eigenvalue weighted by molar-refractivity contribution is 1.14. The molecule has 0 radical (unpaired) electrons. The molecule has 0 fully saturated rings. The molecule has 1 aromatic carbocycles. The van der Waals surface area contributed by atoms with Gasteiger partial charge in [-0.2, -0.15) is 0 Å². The Morgan fingerprint density at radius 3 is 2.11 bits per heavy atom. The van der Waals surface area contributed by atoms with Gasteiger partial charge in [-0.25, -0.2) is 0 Å². The quantitative estimate of drug-likeness (QED) is 0.536. The Morgan fingerprint density at radius 2 is 1.74 bits per heavy atom. The minimum absolute atomic E-state index is 0. The second kappa shape index (κ2) is 12.6. The van der Waals surface area contributed by atoms with E-state index in [0.717, 1.165) is 24.0 Å². The van der Waals surface area contributed by atoms with Gasteiger partial charge in [0.2, 0.25) is 0 Å². The number of benzene rings is 1. The van der Waals surface area contributed by atoms with Crippen LogP contribution in [-0.2, 0) is 6.42 Å². The summed E-state index contributed by atoms with van der Waals surface area (Å²) in [5.41, 5.74) is 3.62. The van der Waals surface area contributed by atoms with E-state index in [2.05, 4.69) is 50.9 Å². The fourth-order valence-electron chi connectivity index (χ4n) is 1.36. The largest absolute Gasteiger partial charge is 0.344 e. The lowest BCUT2D eigenvalue weighted by Crippen LogP contribution is -1.75. The van der Waals surface area contributed by atoms with Gasteiger partial charge in [-0.1, -0.05) is 86.4 Å². The average molecular weight is 257 g/mol. The molecule has 1 rings (SSSR count). The smallest absolute Gasteiger partial charge is 0.00784 e. The molecule has 0 amide bonds. The molecule has 1 aromatic rings. The van der Waals surface area contributed by atoms with Gasteiger partial charge in [-0.3, -0.25) is 0 Å². The summed E-state index contributed by atoms with van der Waals surface area (Å²) in [7, 11) is 0. The Labute approximate surface area is 118 Å². The van der Waals surface area contributed by atoms with Gasteiger partial charge in [0.1, 0.15) is 0 Å². The monoisotopic (exact) mass is 257 g/mol. The first-order chi connectivity index (χ1) is 8.60. The molecule has 3 N–H and O–H groups in total. The maximum Gasteiger partial charge on any atom is -0.00784 e. The highest BCUT2D eigenvalue weighted by Crippen LogP contribution is 2.06. The number of hydrogen-bond acceptors (Lipinski definition) is 1. The van der Waals surface area contributed by atoms with Crippen molar-refractivity contribution in [2.24, 2.45) is 0 Å². The van der Waals surface area contributed by atoms with Crippen LogP contribution in [-0.4, -0.2) is 0 Å². The van der Waals surface area contributed by atoms with Gasteiger partial charge in [0.25, 0.3) is 0 Å². The van der Waals surface area contributed by atoms with E-state index in [-0.39, 0.29) is 6.15 Å². The summed E-state index contributed by atoms with van der Waals surface area (Å²) in [6.07, 6.45) is 7.59. The van der Waals surface area contributed by atoms with Crippen molar-refractivity contribution in [1.29, 1.82) is 0 Å². The van der Waals surface area contributed by atoms with E-state index in [9.17, 15) is 0 Å². The Morgan fingerprint density at radius 1 is 1.16 bits per heavy atom.